The minimum absolute atomic E-state index is 0.251. The van der Waals surface area contributed by atoms with Crippen LogP contribution in [-0.4, -0.2) is 34.1 Å². The first-order valence-corrected chi connectivity index (χ1v) is 13.2. The molecular formula is C30H34ClN3O. The van der Waals surface area contributed by atoms with Crippen molar-refractivity contribution in [1.82, 2.24) is 14.5 Å². The number of fused-ring (bicyclic) bond motifs is 5. The SMILES string of the molecule is C#C[C@@H](C)CCCCN1CCC(c2ccc3c(c2)-n2c(nc(=O)c4c(Cl)cccc42)C3(C)C)CC1. The van der Waals surface area contributed by atoms with Crippen molar-refractivity contribution in [1.29, 1.82) is 0 Å². The fraction of sp³-hybridized carbons (Fsp3) is 0.467. The number of aromatic nitrogens is 2. The molecule has 0 aliphatic carbocycles. The van der Waals surface area contributed by atoms with E-state index in [9.17, 15) is 4.79 Å². The summed E-state index contributed by atoms with van der Waals surface area (Å²) in [5.74, 6) is 4.56. The number of benzene rings is 2. The lowest BCUT2D eigenvalue weighted by molar-refractivity contribution is 0.208. The van der Waals surface area contributed by atoms with Gasteiger partial charge in [0.2, 0.25) is 0 Å². The first-order chi connectivity index (χ1) is 16.8. The molecule has 2 aliphatic heterocycles. The molecule has 5 rings (SSSR count). The van der Waals surface area contributed by atoms with Crippen molar-refractivity contribution < 1.29 is 0 Å². The Balaban J connectivity index is 1.38. The van der Waals surface area contributed by atoms with Gasteiger partial charge in [0.1, 0.15) is 5.82 Å². The molecule has 0 spiro atoms. The van der Waals surface area contributed by atoms with Crippen LogP contribution in [0.15, 0.2) is 41.2 Å². The number of piperidine rings is 1. The number of rotatable bonds is 6. The van der Waals surface area contributed by atoms with Crippen molar-refractivity contribution in [2.45, 2.75) is 64.2 Å². The van der Waals surface area contributed by atoms with Crippen LogP contribution < -0.4 is 5.56 Å². The lowest BCUT2D eigenvalue weighted by atomic mass is 9.83. The Morgan fingerprint density at radius 1 is 1.20 bits per heavy atom. The Morgan fingerprint density at radius 2 is 1.97 bits per heavy atom. The summed E-state index contributed by atoms with van der Waals surface area (Å²) in [6.07, 6.45) is 11.4. The minimum Gasteiger partial charge on any atom is -0.303 e. The standard InChI is InChI=1S/C30H34ClN3O/c1-5-20(2)9-6-7-16-33-17-14-21(15-18-33)22-12-13-23-26(19-22)34-25-11-8-10-24(31)27(25)28(35)32-29(34)30(23,3)4/h1,8,10-13,19-21H,6-7,9,14-18H2,2-4H3/t20-/m1/s1. The molecule has 1 aromatic heterocycles. The number of halogens is 1. The predicted octanol–water partition coefficient (Wildman–Crippen LogP) is 6.30. The third kappa shape index (κ3) is 4.30. The molecule has 0 N–H and O–H groups in total. The van der Waals surface area contributed by atoms with E-state index in [0.717, 1.165) is 36.5 Å². The summed E-state index contributed by atoms with van der Waals surface area (Å²) in [7, 11) is 0. The van der Waals surface area contributed by atoms with E-state index in [1.165, 1.54) is 43.4 Å². The first-order valence-electron chi connectivity index (χ1n) is 12.9. The lowest BCUT2D eigenvalue weighted by Gasteiger charge is -2.32. The number of terminal acetylenes is 1. The number of likely N-dealkylation sites (tertiary alicyclic amines) is 1. The van der Waals surface area contributed by atoms with E-state index in [2.05, 4.69) is 59.3 Å². The highest BCUT2D eigenvalue weighted by atomic mass is 35.5. The number of hydrogen-bond donors (Lipinski definition) is 0. The lowest BCUT2D eigenvalue weighted by Crippen LogP contribution is -2.33. The average Bonchev–Trinajstić information content (AvgIpc) is 3.08. The third-order valence-electron chi connectivity index (χ3n) is 8.07. The summed E-state index contributed by atoms with van der Waals surface area (Å²) in [6, 6.07) is 12.5. The van der Waals surface area contributed by atoms with Gasteiger partial charge >= 0.3 is 0 Å². The van der Waals surface area contributed by atoms with Gasteiger partial charge in [-0.05, 0) is 94.4 Å². The smallest absolute Gasteiger partial charge is 0.282 e. The highest BCUT2D eigenvalue weighted by Crippen LogP contribution is 2.44. The van der Waals surface area contributed by atoms with E-state index < -0.39 is 0 Å². The average molecular weight is 488 g/mol. The zero-order chi connectivity index (χ0) is 24.7. The van der Waals surface area contributed by atoms with Crippen LogP contribution in [-0.2, 0) is 5.41 Å². The Hall–Kier alpha value is -2.61. The summed E-state index contributed by atoms with van der Waals surface area (Å²) in [5.41, 5.74) is 3.96. The van der Waals surface area contributed by atoms with E-state index in [-0.39, 0.29) is 11.0 Å². The molecular weight excluding hydrogens is 454 g/mol. The molecule has 1 atom stereocenters. The van der Waals surface area contributed by atoms with E-state index in [1.807, 2.05) is 12.1 Å². The Labute approximate surface area is 213 Å². The summed E-state index contributed by atoms with van der Waals surface area (Å²) in [6.45, 7) is 9.88. The Kier molecular flexibility index (Phi) is 6.51. The van der Waals surface area contributed by atoms with E-state index in [0.29, 0.717) is 22.2 Å². The van der Waals surface area contributed by atoms with Gasteiger partial charge < -0.3 is 4.90 Å². The van der Waals surface area contributed by atoms with Gasteiger partial charge in [0, 0.05) is 5.92 Å². The molecule has 2 aliphatic rings. The van der Waals surface area contributed by atoms with Crippen molar-refractivity contribution in [3.63, 3.8) is 0 Å². The topological polar surface area (TPSA) is 38.1 Å². The highest BCUT2D eigenvalue weighted by Gasteiger charge is 2.39. The molecule has 1 saturated heterocycles. The third-order valence-corrected chi connectivity index (χ3v) is 8.38. The molecule has 2 aromatic carbocycles. The van der Waals surface area contributed by atoms with E-state index >= 15 is 0 Å². The number of unbranched alkanes of at least 4 members (excludes halogenated alkanes) is 1. The highest BCUT2D eigenvalue weighted by molar-refractivity contribution is 6.35. The summed E-state index contributed by atoms with van der Waals surface area (Å²) in [4.78, 5) is 20.0. The molecule has 35 heavy (non-hydrogen) atoms. The van der Waals surface area contributed by atoms with Crippen LogP contribution in [0, 0.1) is 18.3 Å². The van der Waals surface area contributed by atoms with E-state index in [1.54, 1.807) is 6.07 Å². The molecule has 1 fully saturated rings. The van der Waals surface area contributed by atoms with Crippen molar-refractivity contribution in [3.8, 4) is 18.0 Å². The van der Waals surface area contributed by atoms with Crippen LogP contribution in [0.1, 0.15) is 75.7 Å². The minimum atomic E-state index is -0.343. The zero-order valence-corrected chi connectivity index (χ0v) is 21.7. The van der Waals surface area contributed by atoms with Crippen LogP contribution >= 0.6 is 11.6 Å². The van der Waals surface area contributed by atoms with Crippen LogP contribution in [0.25, 0.3) is 16.6 Å². The molecule has 4 nitrogen and oxygen atoms in total. The summed E-state index contributed by atoms with van der Waals surface area (Å²) >= 11 is 6.43. The second-order valence-electron chi connectivity index (χ2n) is 10.8. The van der Waals surface area contributed by atoms with Gasteiger partial charge in [-0.15, -0.1) is 12.3 Å². The summed E-state index contributed by atoms with van der Waals surface area (Å²) in [5, 5.41) is 0.954. The Bertz CT molecular complexity index is 1360. The normalized spacial score (nSPS) is 18.3. The molecule has 3 aromatic rings. The van der Waals surface area contributed by atoms with Crippen molar-refractivity contribution in [2.24, 2.45) is 5.92 Å². The van der Waals surface area contributed by atoms with Gasteiger partial charge in [0.05, 0.1) is 27.0 Å². The maximum atomic E-state index is 12.9. The van der Waals surface area contributed by atoms with Crippen LogP contribution in [0.5, 0.6) is 0 Å². The van der Waals surface area contributed by atoms with Crippen LogP contribution in [0.2, 0.25) is 5.02 Å². The number of nitrogens with zero attached hydrogens (tertiary/aromatic N) is 3. The van der Waals surface area contributed by atoms with Crippen LogP contribution in [0.4, 0.5) is 0 Å². The van der Waals surface area contributed by atoms with E-state index in [4.69, 9.17) is 18.0 Å². The second-order valence-corrected chi connectivity index (χ2v) is 11.2. The van der Waals surface area contributed by atoms with Crippen molar-refractivity contribution >= 4 is 22.5 Å². The largest absolute Gasteiger partial charge is 0.303 e. The zero-order valence-electron chi connectivity index (χ0n) is 21.0. The second kappa shape index (κ2) is 9.45. The molecule has 0 unspecified atom stereocenters. The quantitative estimate of drug-likeness (QED) is 0.302. The van der Waals surface area contributed by atoms with Crippen molar-refractivity contribution in [2.75, 3.05) is 19.6 Å². The molecule has 0 bridgehead atoms. The number of hydrogen-bond acceptors (Lipinski definition) is 3. The molecule has 3 heterocycles. The maximum absolute atomic E-state index is 12.9. The van der Waals surface area contributed by atoms with Crippen LogP contribution in [0.3, 0.4) is 0 Å². The first kappa shape index (κ1) is 24.1. The fourth-order valence-corrected chi connectivity index (χ4v) is 6.14. The van der Waals surface area contributed by atoms with Crippen molar-refractivity contribution in [3.05, 3.63) is 68.7 Å². The fourth-order valence-electron chi connectivity index (χ4n) is 5.89. The monoisotopic (exact) mass is 487 g/mol. The van der Waals surface area contributed by atoms with Gasteiger partial charge in [-0.25, -0.2) is 0 Å². The molecule has 5 heteroatoms. The summed E-state index contributed by atoms with van der Waals surface area (Å²) < 4.78 is 2.16. The van der Waals surface area contributed by atoms with Gasteiger partial charge in [0.25, 0.3) is 5.56 Å². The molecule has 0 saturated carbocycles. The molecule has 0 amide bonds. The van der Waals surface area contributed by atoms with Gasteiger partial charge in [-0.1, -0.05) is 43.1 Å². The van der Waals surface area contributed by atoms with Gasteiger partial charge in [-0.2, -0.15) is 4.98 Å². The Morgan fingerprint density at radius 3 is 2.71 bits per heavy atom. The van der Waals surface area contributed by atoms with Gasteiger partial charge in [-0.3, -0.25) is 9.36 Å². The molecule has 182 valence electrons. The predicted molar refractivity (Wildman–Crippen MR) is 145 cm³/mol. The molecule has 0 radical (unpaired) electrons. The van der Waals surface area contributed by atoms with Gasteiger partial charge in [0.15, 0.2) is 0 Å². The maximum Gasteiger partial charge on any atom is 0.282 e.